The lowest BCUT2D eigenvalue weighted by molar-refractivity contribution is -0.137. The molecule has 2 bridgehead atoms. The molecule has 0 spiro atoms. The molecule has 8 rings (SSSR count). The van der Waals surface area contributed by atoms with Crippen molar-refractivity contribution in [2.75, 3.05) is 31.1 Å². The maximum absolute atomic E-state index is 16.4. The van der Waals surface area contributed by atoms with Crippen molar-refractivity contribution in [3.05, 3.63) is 34.7 Å². The van der Waals surface area contributed by atoms with E-state index in [0.29, 0.717) is 37.5 Å². The summed E-state index contributed by atoms with van der Waals surface area (Å²) in [6.45, 7) is 2.70. The molecule has 0 unspecified atom stereocenters. The van der Waals surface area contributed by atoms with Gasteiger partial charge in [-0.05, 0) is 63.1 Å². The molecule has 1 aliphatic carbocycles. The first-order chi connectivity index (χ1) is 20.1. The standard InChI is InChI=1S/C29H29ClF4N6O2/c30-20-8-17(41)7-18(22(20)29(32,33)34)24-23(31)25-19(10-35-24)26(39-11-15-2-3-16(12-39)36-15)38-27(37-25)42-13-28-4-1-5-40(28)21-6-14(21)9-28/h7-8,10,14-16,21,36,41H,1-6,9,11-13H2/t14-,15-,16+,21-,28-/m1/s1. The van der Waals surface area contributed by atoms with Crippen LogP contribution in [0.25, 0.3) is 22.2 Å². The molecule has 6 heterocycles. The predicted octanol–water partition coefficient (Wildman–Crippen LogP) is 5.15. The minimum absolute atomic E-state index is 0.00813. The van der Waals surface area contributed by atoms with Crippen LogP contribution in [0.4, 0.5) is 23.4 Å². The molecule has 5 aliphatic rings. The van der Waals surface area contributed by atoms with Crippen LogP contribution < -0.4 is 15.0 Å². The first-order valence-corrected chi connectivity index (χ1v) is 14.8. The van der Waals surface area contributed by atoms with Crippen LogP contribution in [-0.2, 0) is 6.18 Å². The quantitative estimate of drug-likeness (QED) is 0.387. The minimum Gasteiger partial charge on any atom is -0.508 e. The summed E-state index contributed by atoms with van der Waals surface area (Å²) in [5, 5.41) is 13.2. The maximum Gasteiger partial charge on any atom is 0.418 e. The Balaban J connectivity index is 1.24. The maximum atomic E-state index is 16.4. The predicted molar refractivity (Wildman–Crippen MR) is 147 cm³/mol. The Morgan fingerprint density at radius 1 is 1.17 bits per heavy atom. The highest BCUT2D eigenvalue weighted by Gasteiger charge is 2.61. The Hall–Kier alpha value is -2.96. The van der Waals surface area contributed by atoms with Crippen molar-refractivity contribution in [1.29, 1.82) is 0 Å². The highest BCUT2D eigenvalue weighted by molar-refractivity contribution is 6.32. The van der Waals surface area contributed by atoms with Gasteiger partial charge in [-0.3, -0.25) is 9.88 Å². The molecule has 5 fully saturated rings. The van der Waals surface area contributed by atoms with E-state index in [9.17, 15) is 18.3 Å². The van der Waals surface area contributed by atoms with E-state index >= 15 is 4.39 Å². The summed E-state index contributed by atoms with van der Waals surface area (Å²) in [4.78, 5) is 17.9. The summed E-state index contributed by atoms with van der Waals surface area (Å²) in [5.41, 5.74) is -2.83. The van der Waals surface area contributed by atoms with Crippen LogP contribution in [-0.4, -0.2) is 74.9 Å². The fraction of sp³-hybridized carbons (Fsp3) is 0.552. The number of fused-ring (bicyclic) bond motifs is 6. The number of piperidine rings is 1. The summed E-state index contributed by atoms with van der Waals surface area (Å²) >= 11 is 5.89. The van der Waals surface area contributed by atoms with Crippen LogP contribution in [0, 0.1) is 11.7 Å². The monoisotopic (exact) mass is 604 g/mol. The first-order valence-electron chi connectivity index (χ1n) is 14.5. The van der Waals surface area contributed by atoms with Gasteiger partial charge in [0.05, 0.1) is 21.5 Å². The zero-order valence-electron chi connectivity index (χ0n) is 22.6. The number of hydrogen-bond acceptors (Lipinski definition) is 8. The fourth-order valence-corrected chi connectivity index (χ4v) is 8.30. The van der Waals surface area contributed by atoms with Gasteiger partial charge in [-0.25, -0.2) is 4.39 Å². The van der Waals surface area contributed by atoms with E-state index in [-0.39, 0.29) is 34.5 Å². The van der Waals surface area contributed by atoms with E-state index in [4.69, 9.17) is 21.3 Å². The molecule has 8 nitrogen and oxygen atoms in total. The average Bonchev–Trinajstić information content (AvgIpc) is 3.25. The molecule has 42 heavy (non-hydrogen) atoms. The molecule has 4 saturated heterocycles. The summed E-state index contributed by atoms with van der Waals surface area (Å²) in [6, 6.07) is 2.72. The largest absolute Gasteiger partial charge is 0.508 e. The van der Waals surface area contributed by atoms with Crippen molar-refractivity contribution in [1.82, 2.24) is 25.2 Å². The third-order valence-electron chi connectivity index (χ3n) is 9.82. The van der Waals surface area contributed by atoms with Gasteiger partial charge in [-0.15, -0.1) is 0 Å². The summed E-state index contributed by atoms with van der Waals surface area (Å²) < 4.78 is 64.7. The van der Waals surface area contributed by atoms with Crippen LogP contribution in [0.15, 0.2) is 18.3 Å². The zero-order chi connectivity index (χ0) is 29.0. The number of hydrogen-bond donors (Lipinski definition) is 2. The Morgan fingerprint density at radius 3 is 2.71 bits per heavy atom. The third kappa shape index (κ3) is 4.20. The fourth-order valence-electron chi connectivity index (χ4n) is 7.98. The molecule has 4 aliphatic heterocycles. The number of phenols is 1. The molecular formula is C29H29ClF4N6O2. The Bertz CT molecular complexity index is 1590. The van der Waals surface area contributed by atoms with Crippen LogP contribution >= 0.6 is 11.6 Å². The van der Waals surface area contributed by atoms with Gasteiger partial charge in [0.15, 0.2) is 5.82 Å². The van der Waals surface area contributed by atoms with Gasteiger partial charge < -0.3 is 20.1 Å². The van der Waals surface area contributed by atoms with Gasteiger partial charge in [-0.1, -0.05) is 11.6 Å². The SMILES string of the molecule is Oc1cc(Cl)c(C(F)(F)F)c(-c2ncc3c(N4C[C@H]5CC[C@@H](C4)N5)nc(OC[C@]45CCCN4[C@@H]4C[C@@H]4C5)nc3c2F)c1. The lowest BCUT2D eigenvalue weighted by Gasteiger charge is -2.35. The summed E-state index contributed by atoms with van der Waals surface area (Å²) in [5.74, 6) is -0.454. The van der Waals surface area contributed by atoms with Crippen molar-refractivity contribution in [2.45, 2.75) is 68.4 Å². The van der Waals surface area contributed by atoms with Crippen LogP contribution in [0.2, 0.25) is 5.02 Å². The van der Waals surface area contributed by atoms with Gasteiger partial charge in [0.2, 0.25) is 0 Å². The first kappa shape index (κ1) is 26.7. The van der Waals surface area contributed by atoms with E-state index in [1.165, 1.54) is 12.6 Å². The normalized spacial score (nSPS) is 30.2. The molecule has 5 atom stereocenters. The summed E-state index contributed by atoms with van der Waals surface area (Å²) in [7, 11) is 0. The van der Waals surface area contributed by atoms with Crippen molar-refractivity contribution in [2.24, 2.45) is 5.92 Å². The van der Waals surface area contributed by atoms with Crippen molar-refractivity contribution < 1.29 is 27.4 Å². The smallest absolute Gasteiger partial charge is 0.418 e. The third-order valence-corrected chi connectivity index (χ3v) is 10.1. The molecule has 222 valence electrons. The van der Waals surface area contributed by atoms with Crippen molar-refractivity contribution in [3.8, 4) is 23.0 Å². The molecular weight excluding hydrogens is 576 g/mol. The Kier molecular flexibility index (Phi) is 5.88. The van der Waals surface area contributed by atoms with E-state index in [1.54, 1.807) is 0 Å². The van der Waals surface area contributed by atoms with Crippen molar-refractivity contribution >= 4 is 28.3 Å². The second kappa shape index (κ2) is 9.27. The highest BCUT2D eigenvalue weighted by atomic mass is 35.5. The number of rotatable bonds is 5. The van der Waals surface area contributed by atoms with Crippen LogP contribution in [0.3, 0.4) is 0 Å². The number of benzene rings is 1. The average molecular weight is 605 g/mol. The molecule has 1 aromatic carbocycles. The van der Waals surface area contributed by atoms with Gasteiger partial charge in [0.1, 0.15) is 29.4 Å². The molecule has 3 aromatic rings. The number of piperazine rings is 1. The van der Waals surface area contributed by atoms with Crippen LogP contribution in [0.1, 0.15) is 44.1 Å². The van der Waals surface area contributed by atoms with Gasteiger partial charge in [-0.2, -0.15) is 23.1 Å². The number of ether oxygens (including phenoxy) is 1. The molecule has 0 radical (unpaired) electrons. The summed E-state index contributed by atoms with van der Waals surface area (Å²) in [6.07, 6.45) is 2.82. The molecule has 2 aromatic heterocycles. The number of alkyl halides is 3. The van der Waals surface area contributed by atoms with E-state index in [2.05, 4.69) is 25.1 Å². The Labute approximate surface area is 244 Å². The van der Waals surface area contributed by atoms with Crippen LogP contribution in [0.5, 0.6) is 11.8 Å². The van der Waals surface area contributed by atoms with E-state index in [1.807, 2.05) is 0 Å². The van der Waals surface area contributed by atoms with Gasteiger partial charge >= 0.3 is 12.2 Å². The number of aromatic hydroxyl groups is 1. The number of phenolic OH excluding ortho intramolecular Hbond substituents is 1. The minimum atomic E-state index is -4.91. The molecule has 2 N–H and O–H groups in total. The number of pyridine rings is 1. The zero-order valence-corrected chi connectivity index (χ0v) is 23.3. The highest BCUT2D eigenvalue weighted by Crippen LogP contribution is 2.56. The number of anilines is 1. The second-order valence-corrected chi connectivity index (χ2v) is 12.9. The van der Waals surface area contributed by atoms with E-state index < -0.39 is 39.6 Å². The number of nitrogens with zero attached hydrogens (tertiary/aromatic N) is 5. The topological polar surface area (TPSA) is 86.6 Å². The molecule has 1 saturated carbocycles. The van der Waals surface area contributed by atoms with E-state index in [0.717, 1.165) is 50.8 Å². The second-order valence-electron chi connectivity index (χ2n) is 12.5. The number of halogens is 5. The lowest BCUT2D eigenvalue weighted by Crippen LogP contribution is -2.51. The Morgan fingerprint density at radius 2 is 1.95 bits per heavy atom. The van der Waals surface area contributed by atoms with Gasteiger partial charge in [0, 0.05) is 43.0 Å². The molecule has 0 amide bonds. The number of aromatic nitrogens is 3. The lowest BCUT2D eigenvalue weighted by atomic mass is 9.93. The molecule has 13 heteroatoms. The van der Waals surface area contributed by atoms with Crippen molar-refractivity contribution in [3.63, 3.8) is 0 Å². The van der Waals surface area contributed by atoms with Gasteiger partial charge in [0.25, 0.3) is 0 Å². The number of nitrogens with one attached hydrogen (secondary N) is 1.